The molecule has 0 radical (unpaired) electrons. The maximum Gasteiger partial charge on any atom is 0.123 e. The predicted octanol–water partition coefficient (Wildman–Crippen LogP) is 3.44. The summed E-state index contributed by atoms with van der Waals surface area (Å²) in [4.78, 5) is 5.46. The average molecular weight is 250 g/mol. The van der Waals surface area contributed by atoms with E-state index < -0.39 is 0 Å². The number of hydrogen-bond donors (Lipinski definition) is 1. The Labute approximate surface area is 105 Å². The Morgan fingerprint density at radius 1 is 1.35 bits per heavy atom. The number of halogens is 1. The summed E-state index contributed by atoms with van der Waals surface area (Å²) in [5.74, 6) is -0.195. The second-order valence-corrected chi connectivity index (χ2v) is 4.95. The summed E-state index contributed by atoms with van der Waals surface area (Å²) in [5.41, 5.74) is 4.02. The van der Waals surface area contributed by atoms with E-state index in [4.69, 9.17) is 0 Å². The average Bonchev–Trinajstić information content (AvgIpc) is 2.73. The molecular formula is C13H15FN2S. The van der Waals surface area contributed by atoms with E-state index in [-0.39, 0.29) is 11.9 Å². The fraction of sp³-hybridized carbons (Fsp3) is 0.308. The van der Waals surface area contributed by atoms with Crippen LogP contribution < -0.4 is 5.32 Å². The molecule has 0 aliphatic carbocycles. The molecule has 2 nitrogen and oxygen atoms in total. The van der Waals surface area contributed by atoms with Gasteiger partial charge in [-0.25, -0.2) is 9.37 Å². The molecule has 90 valence electrons. The first-order valence-corrected chi connectivity index (χ1v) is 6.42. The van der Waals surface area contributed by atoms with Crippen LogP contribution in [0.4, 0.5) is 4.39 Å². The molecule has 0 aliphatic rings. The number of thiazole rings is 1. The standard InChI is InChI=1S/C13H15FN2S/c1-9(11-3-5-12(14)6-4-11)15-7-13-10(2)16-8-17-13/h3-6,8-9,15H,7H2,1-2H3/t9-/m1/s1. The lowest BCUT2D eigenvalue weighted by molar-refractivity contribution is 0.573. The van der Waals surface area contributed by atoms with Crippen molar-refractivity contribution in [1.82, 2.24) is 10.3 Å². The number of nitrogens with one attached hydrogen (secondary N) is 1. The molecule has 0 fully saturated rings. The second kappa shape index (κ2) is 5.38. The number of rotatable bonds is 4. The van der Waals surface area contributed by atoms with Crippen molar-refractivity contribution in [2.24, 2.45) is 0 Å². The number of aryl methyl sites for hydroxylation is 1. The first-order valence-electron chi connectivity index (χ1n) is 5.54. The molecular weight excluding hydrogens is 235 g/mol. The Morgan fingerprint density at radius 3 is 2.65 bits per heavy atom. The van der Waals surface area contributed by atoms with Gasteiger partial charge in [-0.15, -0.1) is 11.3 Å². The molecule has 0 amide bonds. The number of nitrogens with zero attached hydrogens (tertiary/aromatic N) is 1. The minimum Gasteiger partial charge on any atom is -0.305 e. The highest BCUT2D eigenvalue weighted by Crippen LogP contribution is 2.16. The quantitative estimate of drug-likeness (QED) is 0.899. The van der Waals surface area contributed by atoms with Crippen molar-refractivity contribution in [3.8, 4) is 0 Å². The Balaban J connectivity index is 1.95. The van der Waals surface area contributed by atoms with Crippen molar-refractivity contribution in [2.75, 3.05) is 0 Å². The van der Waals surface area contributed by atoms with E-state index in [0.717, 1.165) is 17.8 Å². The van der Waals surface area contributed by atoms with Crippen LogP contribution in [0.3, 0.4) is 0 Å². The molecule has 0 saturated carbocycles. The normalized spacial score (nSPS) is 12.6. The molecule has 1 N–H and O–H groups in total. The van der Waals surface area contributed by atoms with E-state index in [9.17, 15) is 4.39 Å². The smallest absolute Gasteiger partial charge is 0.123 e. The maximum absolute atomic E-state index is 12.8. The highest BCUT2D eigenvalue weighted by Gasteiger charge is 2.07. The first kappa shape index (κ1) is 12.2. The van der Waals surface area contributed by atoms with Crippen molar-refractivity contribution in [2.45, 2.75) is 26.4 Å². The van der Waals surface area contributed by atoms with Crippen molar-refractivity contribution >= 4 is 11.3 Å². The van der Waals surface area contributed by atoms with Crippen LogP contribution in [0.25, 0.3) is 0 Å². The zero-order valence-corrected chi connectivity index (χ0v) is 10.7. The van der Waals surface area contributed by atoms with Crippen LogP contribution in [0.15, 0.2) is 29.8 Å². The van der Waals surface area contributed by atoms with Gasteiger partial charge in [-0.05, 0) is 31.5 Å². The molecule has 0 bridgehead atoms. The van der Waals surface area contributed by atoms with Crippen LogP contribution in [0, 0.1) is 12.7 Å². The van der Waals surface area contributed by atoms with Crippen LogP contribution in [0.5, 0.6) is 0 Å². The van der Waals surface area contributed by atoms with Crippen molar-refractivity contribution in [3.05, 3.63) is 51.7 Å². The van der Waals surface area contributed by atoms with E-state index in [1.165, 1.54) is 17.0 Å². The summed E-state index contributed by atoms with van der Waals surface area (Å²) in [5, 5.41) is 3.41. The summed E-state index contributed by atoms with van der Waals surface area (Å²) >= 11 is 1.66. The lowest BCUT2D eigenvalue weighted by Crippen LogP contribution is -2.17. The fourth-order valence-electron chi connectivity index (χ4n) is 1.61. The van der Waals surface area contributed by atoms with Gasteiger partial charge < -0.3 is 5.32 Å². The van der Waals surface area contributed by atoms with Crippen LogP contribution in [-0.4, -0.2) is 4.98 Å². The molecule has 2 aromatic rings. The lowest BCUT2D eigenvalue weighted by atomic mass is 10.1. The third-order valence-electron chi connectivity index (χ3n) is 2.78. The highest BCUT2D eigenvalue weighted by molar-refractivity contribution is 7.09. The van der Waals surface area contributed by atoms with Crippen molar-refractivity contribution < 1.29 is 4.39 Å². The highest BCUT2D eigenvalue weighted by atomic mass is 32.1. The van der Waals surface area contributed by atoms with Gasteiger partial charge in [0.25, 0.3) is 0 Å². The van der Waals surface area contributed by atoms with E-state index in [1.807, 2.05) is 24.6 Å². The van der Waals surface area contributed by atoms with Gasteiger partial charge in [0.2, 0.25) is 0 Å². The third kappa shape index (κ3) is 3.11. The molecule has 4 heteroatoms. The Morgan fingerprint density at radius 2 is 2.06 bits per heavy atom. The monoisotopic (exact) mass is 250 g/mol. The van der Waals surface area contributed by atoms with Gasteiger partial charge >= 0.3 is 0 Å². The van der Waals surface area contributed by atoms with Gasteiger partial charge in [-0.1, -0.05) is 12.1 Å². The SMILES string of the molecule is Cc1ncsc1CN[C@H](C)c1ccc(F)cc1. The van der Waals surface area contributed by atoms with Crippen LogP contribution >= 0.6 is 11.3 Å². The van der Waals surface area contributed by atoms with Crippen molar-refractivity contribution in [3.63, 3.8) is 0 Å². The number of hydrogen-bond acceptors (Lipinski definition) is 3. The molecule has 0 aliphatic heterocycles. The molecule has 0 unspecified atom stereocenters. The maximum atomic E-state index is 12.8. The van der Waals surface area contributed by atoms with E-state index in [1.54, 1.807) is 11.3 Å². The summed E-state index contributed by atoms with van der Waals surface area (Å²) in [6, 6.07) is 6.81. The zero-order valence-electron chi connectivity index (χ0n) is 9.90. The number of aromatic nitrogens is 1. The van der Waals surface area contributed by atoms with Crippen LogP contribution in [0.1, 0.15) is 29.1 Å². The molecule has 1 aromatic heterocycles. The second-order valence-electron chi connectivity index (χ2n) is 4.02. The minimum atomic E-state index is -0.195. The zero-order chi connectivity index (χ0) is 12.3. The summed E-state index contributed by atoms with van der Waals surface area (Å²) in [6.45, 7) is 4.88. The fourth-order valence-corrected chi connectivity index (χ4v) is 2.34. The third-order valence-corrected chi connectivity index (χ3v) is 3.72. The van der Waals surface area contributed by atoms with Gasteiger partial charge in [0, 0.05) is 17.5 Å². The van der Waals surface area contributed by atoms with Crippen molar-refractivity contribution in [1.29, 1.82) is 0 Å². The van der Waals surface area contributed by atoms with Gasteiger partial charge in [0.05, 0.1) is 11.2 Å². The van der Waals surface area contributed by atoms with Gasteiger partial charge in [0.15, 0.2) is 0 Å². The Bertz CT molecular complexity index is 478. The molecule has 1 atom stereocenters. The Hall–Kier alpha value is -1.26. The van der Waals surface area contributed by atoms with Crippen LogP contribution in [0.2, 0.25) is 0 Å². The molecule has 17 heavy (non-hydrogen) atoms. The van der Waals surface area contributed by atoms with Gasteiger partial charge in [0.1, 0.15) is 5.82 Å². The topological polar surface area (TPSA) is 24.9 Å². The summed E-state index contributed by atoms with van der Waals surface area (Å²) in [7, 11) is 0. The van der Waals surface area contributed by atoms with E-state index >= 15 is 0 Å². The molecule has 0 spiro atoms. The minimum absolute atomic E-state index is 0.195. The van der Waals surface area contributed by atoms with Gasteiger partial charge in [-0.3, -0.25) is 0 Å². The van der Waals surface area contributed by atoms with E-state index in [0.29, 0.717) is 0 Å². The summed E-state index contributed by atoms with van der Waals surface area (Å²) < 4.78 is 12.8. The molecule has 1 heterocycles. The van der Waals surface area contributed by atoms with Gasteiger partial charge in [-0.2, -0.15) is 0 Å². The summed E-state index contributed by atoms with van der Waals surface area (Å²) in [6.07, 6.45) is 0. The Kier molecular flexibility index (Phi) is 3.86. The number of benzene rings is 1. The predicted molar refractivity (Wildman–Crippen MR) is 68.5 cm³/mol. The first-order chi connectivity index (χ1) is 8.16. The molecule has 2 rings (SSSR count). The largest absolute Gasteiger partial charge is 0.305 e. The van der Waals surface area contributed by atoms with E-state index in [2.05, 4.69) is 17.2 Å². The lowest BCUT2D eigenvalue weighted by Gasteiger charge is -2.13. The van der Waals surface area contributed by atoms with Crippen LogP contribution in [-0.2, 0) is 6.54 Å². The molecule has 1 aromatic carbocycles. The molecule has 0 saturated heterocycles.